The van der Waals surface area contributed by atoms with E-state index >= 15 is 0 Å². The highest BCUT2D eigenvalue weighted by Gasteiger charge is 2.49. The number of hydrogen-bond donors (Lipinski definition) is 0. The van der Waals surface area contributed by atoms with Crippen LogP contribution in [0.4, 0.5) is 0 Å². The van der Waals surface area contributed by atoms with Crippen LogP contribution in [0.2, 0.25) is 0 Å². The first-order chi connectivity index (χ1) is 11.6. The molecule has 3 aliphatic rings. The second-order valence-electron chi connectivity index (χ2n) is 6.69. The summed E-state index contributed by atoms with van der Waals surface area (Å²) in [6, 6.07) is 16.8. The Labute approximate surface area is 144 Å². The second kappa shape index (κ2) is 5.71. The Kier molecular flexibility index (Phi) is 3.77. The van der Waals surface area contributed by atoms with Gasteiger partial charge < -0.3 is 0 Å². The maximum atomic E-state index is 13.3. The zero-order valence-corrected chi connectivity index (χ0v) is 15.0. The zero-order chi connectivity index (χ0) is 16.9. The van der Waals surface area contributed by atoms with E-state index in [1.807, 2.05) is 26.0 Å². The first-order valence-electron chi connectivity index (χ1n) is 8.76. The van der Waals surface area contributed by atoms with Gasteiger partial charge in [0, 0.05) is 24.9 Å². The number of benzene rings is 2. The van der Waals surface area contributed by atoms with Crippen LogP contribution in [0.3, 0.4) is 0 Å². The van der Waals surface area contributed by atoms with Gasteiger partial charge in [-0.3, -0.25) is 0 Å². The predicted molar refractivity (Wildman–Crippen MR) is 96.8 cm³/mol. The molecule has 0 radical (unpaired) electrons. The average Bonchev–Trinajstić information content (AvgIpc) is 2.62. The van der Waals surface area contributed by atoms with Crippen molar-refractivity contribution >= 4 is 10.0 Å². The summed E-state index contributed by atoms with van der Waals surface area (Å²) < 4.78 is 28.2. The second-order valence-corrected chi connectivity index (χ2v) is 8.84. The molecule has 2 aromatic carbocycles. The molecule has 3 nitrogen and oxygen atoms in total. The van der Waals surface area contributed by atoms with Crippen molar-refractivity contribution in [1.82, 2.24) is 4.31 Å². The Morgan fingerprint density at radius 1 is 0.875 bits per heavy atom. The molecular weight excluding hydrogens is 318 g/mol. The molecule has 126 valence electrons. The molecule has 0 aliphatic heterocycles. The summed E-state index contributed by atoms with van der Waals surface area (Å²) in [5.74, 6) is 0.144. The molecule has 2 aromatic rings. The van der Waals surface area contributed by atoms with Gasteiger partial charge in [0.25, 0.3) is 0 Å². The van der Waals surface area contributed by atoms with Gasteiger partial charge in [-0.25, -0.2) is 12.7 Å². The predicted octanol–water partition coefficient (Wildman–Crippen LogP) is 3.71. The van der Waals surface area contributed by atoms with Crippen molar-refractivity contribution in [2.45, 2.75) is 37.4 Å². The molecule has 0 aromatic heterocycles. The first-order valence-corrected chi connectivity index (χ1v) is 10.3. The third kappa shape index (κ3) is 2.09. The van der Waals surface area contributed by atoms with Crippen LogP contribution in [-0.2, 0) is 10.0 Å². The van der Waals surface area contributed by atoms with E-state index in [-0.39, 0.29) is 17.1 Å². The lowest BCUT2D eigenvalue weighted by molar-refractivity contribution is 0.410. The SMILES string of the molecule is CCN(CC)S(=O)(=O)C1CC2c3ccccc3C1c1ccccc12. The van der Waals surface area contributed by atoms with Crippen LogP contribution in [-0.4, -0.2) is 31.1 Å². The number of fused-ring (bicyclic) bond motifs is 1. The van der Waals surface area contributed by atoms with Crippen LogP contribution in [0.25, 0.3) is 0 Å². The van der Waals surface area contributed by atoms with Crippen molar-refractivity contribution in [1.29, 1.82) is 0 Å². The lowest BCUT2D eigenvalue weighted by atomic mass is 9.63. The van der Waals surface area contributed by atoms with E-state index in [2.05, 4.69) is 36.4 Å². The van der Waals surface area contributed by atoms with Gasteiger partial charge in [-0.05, 0) is 28.7 Å². The van der Waals surface area contributed by atoms with Gasteiger partial charge in [-0.1, -0.05) is 62.4 Å². The number of sulfonamides is 1. The van der Waals surface area contributed by atoms with Crippen LogP contribution in [0.1, 0.15) is 54.4 Å². The molecule has 0 amide bonds. The molecule has 0 saturated heterocycles. The summed E-state index contributed by atoms with van der Waals surface area (Å²) >= 11 is 0. The van der Waals surface area contributed by atoms with Crippen LogP contribution >= 0.6 is 0 Å². The first kappa shape index (κ1) is 15.9. The number of rotatable bonds is 4. The third-order valence-corrected chi connectivity index (χ3v) is 8.17. The Hall–Kier alpha value is -1.65. The van der Waals surface area contributed by atoms with Crippen molar-refractivity contribution in [2.75, 3.05) is 13.1 Å². The number of nitrogens with zero attached hydrogens (tertiary/aromatic N) is 1. The van der Waals surface area contributed by atoms with E-state index in [1.165, 1.54) is 22.3 Å². The van der Waals surface area contributed by atoms with E-state index in [0.29, 0.717) is 19.5 Å². The topological polar surface area (TPSA) is 37.4 Å². The quantitative estimate of drug-likeness (QED) is 0.850. The van der Waals surface area contributed by atoms with Crippen molar-refractivity contribution < 1.29 is 8.42 Å². The van der Waals surface area contributed by atoms with Gasteiger partial charge in [0.15, 0.2) is 0 Å². The van der Waals surface area contributed by atoms with E-state index in [4.69, 9.17) is 0 Å². The van der Waals surface area contributed by atoms with Crippen molar-refractivity contribution in [3.63, 3.8) is 0 Å². The van der Waals surface area contributed by atoms with Crippen molar-refractivity contribution in [3.05, 3.63) is 70.8 Å². The third-order valence-electron chi connectivity index (χ3n) is 5.70. The molecule has 0 spiro atoms. The number of hydrogen-bond acceptors (Lipinski definition) is 2. The highest BCUT2D eigenvalue weighted by Crippen LogP contribution is 2.54. The smallest absolute Gasteiger partial charge is 0.212 e. The summed E-state index contributed by atoms with van der Waals surface area (Å²) in [4.78, 5) is 0. The van der Waals surface area contributed by atoms with Gasteiger partial charge in [0.2, 0.25) is 10.0 Å². The maximum Gasteiger partial charge on any atom is 0.217 e. The summed E-state index contributed by atoms with van der Waals surface area (Å²) in [5, 5.41) is -0.354. The minimum absolute atomic E-state index is 0.0481. The van der Waals surface area contributed by atoms with Crippen molar-refractivity contribution in [2.24, 2.45) is 0 Å². The molecule has 3 aliphatic carbocycles. The Morgan fingerprint density at radius 3 is 1.79 bits per heavy atom. The molecule has 4 heteroatoms. The van der Waals surface area contributed by atoms with Gasteiger partial charge >= 0.3 is 0 Å². The van der Waals surface area contributed by atoms with Crippen molar-refractivity contribution in [3.8, 4) is 0 Å². The Bertz CT molecular complexity index is 823. The summed E-state index contributed by atoms with van der Waals surface area (Å²) in [6.45, 7) is 4.92. The molecule has 2 bridgehead atoms. The average molecular weight is 341 g/mol. The maximum absolute atomic E-state index is 13.3. The molecule has 0 fully saturated rings. The highest BCUT2D eigenvalue weighted by atomic mass is 32.2. The molecular formula is C20H23NO2S. The normalized spacial score (nSPS) is 24.7. The Morgan fingerprint density at radius 2 is 1.33 bits per heavy atom. The van der Waals surface area contributed by atoms with E-state index < -0.39 is 10.0 Å². The lowest BCUT2D eigenvalue weighted by Crippen LogP contribution is -2.47. The minimum Gasteiger partial charge on any atom is -0.212 e. The van der Waals surface area contributed by atoms with Gasteiger partial charge in [0.05, 0.1) is 5.25 Å². The van der Waals surface area contributed by atoms with Gasteiger partial charge in [0.1, 0.15) is 0 Å². The molecule has 0 saturated carbocycles. The fourth-order valence-corrected chi connectivity index (χ4v) is 6.82. The van der Waals surface area contributed by atoms with Gasteiger partial charge in [-0.2, -0.15) is 0 Å². The highest BCUT2D eigenvalue weighted by molar-refractivity contribution is 7.89. The fraction of sp³-hybridized carbons (Fsp3) is 0.400. The summed E-state index contributed by atoms with van der Waals surface area (Å²) in [6.07, 6.45) is 0.692. The van der Waals surface area contributed by atoms with Crippen LogP contribution in [0.15, 0.2) is 48.5 Å². The van der Waals surface area contributed by atoms with E-state index in [1.54, 1.807) is 4.31 Å². The molecule has 1 atom stereocenters. The van der Waals surface area contributed by atoms with Crippen LogP contribution in [0.5, 0.6) is 0 Å². The molecule has 1 unspecified atom stereocenters. The molecule has 0 N–H and O–H groups in total. The minimum atomic E-state index is -3.31. The largest absolute Gasteiger partial charge is 0.217 e. The summed E-state index contributed by atoms with van der Waals surface area (Å²) in [7, 11) is -3.31. The van der Waals surface area contributed by atoms with Crippen LogP contribution in [0, 0.1) is 0 Å². The monoisotopic (exact) mass is 341 g/mol. The zero-order valence-electron chi connectivity index (χ0n) is 14.1. The molecule has 24 heavy (non-hydrogen) atoms. The fourth-order valence-electron chi connectivity index (χ4n) is 4.65. The van der Waals surface area contributed by atoms with E-state index in [9.17, 15) is 8.42 Å². The lowest BCUT2D eigenvalue weighted by Gasteiger charge is -2.46. The standard InChI is InChI=1S/C20H23NO2S/c1-3-21(4-2)24(22,23)19-13-18-14-9-5-7-11-16(14)20(19)17-12-8-6-10-15(17)18/h5-12,18-20H,3-4,13H2,1-2H3. The summed E-state index contributed by atoms with van der Waals surface area (Å²) in [5.41, 5.74) is 5.03. The molecule has 0 heterocycles. The molecule has 5 rings (SSSR count). The Balaban J connectivity index is 1.91. The van der Waals surface area contributed by atoms with E-state index in [0.717, 1.165) is 0 Å². The van der Waals surface area contributed by atoms with Crippen LogP contribution < -0.4 is 0 Å². The van der Waals surface area contributed by atoms with Gasteiger partial charge in [-0.15, -0.1) is 0 Å².